The second-order valence-electron chi connectivity index (χ2n) is 5.68. The van der Waals surface area contributed by atoms with Gasteiger partial charge in [-0.1, -0.05) is 30.3 Å². The summed E-state index contributed by atoms with van der Waals surface area (Å²) in [6, 6.07) is 12.8. The SMILES string of the molecule is Cc1nc(OCc2ccc(F)cc2F)c(Br)c(=O)n1Cc1ccccc1. The van der Waals surface area contributed by atoms with E-state index in [-0.39, 0.29) is 28.1 Å². The van der Waals surface area contributed by atoms with Gasteiger partial charge in [-0.05, 0) is 40.5 Å². The highest BCUT2D eigenvalue weighted by molar-refractivity contribution is 9.10. The zero-order chi connectivity index (χ0) is 18.7. The maximum atomic E-state index is 13.7. The van der Waals surface area contributed by atoms with Gasteiger partial charge < -0.3 is 4.74 Å². The van der Waals surface area contributed by atoms with Gasteiger partial charge in [0.1, 0.15) is 28.5 Å². The molecule has 0 aliphatic carbocycles. The highest BCUT2D eigenvalue weighted by Crippen LogP contribution is 2.21. The first-order valence-electron chi connectivity index (χ1n) is 7.83. The van der Waals surface area contributed by atoms with Crippen LogP contribution in [-0.4, -0.2) is 9.55 Å². The van der Waals surface area contributed by atoms with E-state index in [0.717, 1.165) is 17.7 Å². The molecule has 0 saturated heterocycles. The van der Waals surface area contributed by atoms with Gasteiger partial charge in [-0.15, -0.1) is 0 Å². The van der Waals surface area contributed by atoms with E-state index in [1.807, 2.05) is 30.3 Å². The molecule has 0 N–H and O–H groups in total. The van der Waals surface area contributed by atoms with E-state index in [2.05, 4.69) is 20.9 Å². The summed E-state index contributed by atoms with van der Waals surface area (Å²) in [6.45, 7) is 1.91. The Labute approximate surface area is 157 Å². The van der Waals surface area contributed by atoms with Crippen molar-refractivity contribution in [3.05, 3.63) is 91.9 Å². The van der Waals surface area contributed by atoms with Crippen LogP contribution >= 0.6 is 15.9 Å². The second-order valence-corrected chi connectivity index (χ2v) is 6.47. The smallest absolute Gasteiger partial charge is 0.272 e. The van der Waals surface area contributed by atoms with E-state index in [4.69, 9.17) is 4.74 Å². The molecule has 0 atom stereocenters. The third kappa shape index (κ3) is 3.99. The summed E-state index contributed by atoms with van der Waals surface area (Å²) in [7, 11) is 0. The molecular formula is C19H15BrF2N2O2. The lowest BCUT2D eigenvalue weighted by molar-refractivity contribution is 0.282. The lowest BCUT2D eigenvalue weighted by Crippen LogP contribution is -2.25. The van der Waals surface area contributed by atoms with Crippen LogP contribution in [-0.2, 0) is 13.2 Å². The van der Waals surface area contributed by atoms with E-state index in [1.54, 1.807) is 6.92 Å². The number of halogens is 3. The summed E-state index contributed by atoms with van der Waals surface area (Å²) in [5.41, 5.74) is 0.843. The molecule has 1 aromatic heterocycles. The molecular weight excluding hydrogens is 406 g/mol. The number of benzene rings is 2. The molecule has 3 rings (SSSR count). The van der Waals surface area contributed by atoms with Gasteiger partial charge in [-0.2, -0.15) is 4.98 Å². The molecule has 0 aliphatic rings. The molecule has 7 heteroatoms. The molecule has 1 heterocycles. The van der Waals surface area contributed by atoms with Gasteiger partial charge >= 0.3 is 0 Å². The van der Waals surface area contributed by atoms with Crippen molar-refractivity contribution in [3.8, 4) is 5.88 Å². The van der Waals surface area contributed by atoms with E-state index in [9.17, 15) is 13.6 Å². The molecule has 0 spiro atoms. The first kappa shape index (κ1) is 18.3. The molecule has 2 aromatic carbocycles. The molecule has 0 saturated carbocycles. The van der Waals surface area contributed by atoms with Gasteiger partial charge in [-0.25, -0.2) is 8.78 Å². The molecule has 0 amide bonds. The Morgan fingerprint density at radius 2 is 1.88 bits per heavy atom. The van der Waals surface area contributed by atoms with Gasteiger partial charge in [-0.3, -0.25) is 9.36 Å². The minimum atomic E-state index is -0.713. The van der Waals surface area contributed by atoms with Crippen molar-refractivity contribution in [2.24, 2.45) is 0 Å². The topological polar surface area (TPSA) is 44.1 Å². The first-order chi connectivity index (χ1) is 12.5. The average Bonchev–Trinajstić information content (AvgIpc) is 2.63. The van der Waals surface area contributed by atoms with E-state index < -0.39 is 11.6 Å². The average molecular weight is 421 g/mol. The molecule has 3 aromatic rings. The van der Waals surface area contributed by atoms with Crippen molar-refractivity contribution in [3.63, 3.8) is 0 Å². The number of rotatable bonds is 5. The van der Waals surface area contributed by atoms with Crippen molar-refractivity contribution in [1.29, 1.82) is 0 Å². The predicted molar refractivity (Wildman–Crippen MR) is 97.2 cm³/mol. The van der Waals surface area contributed by atoms with Crippen LogP contribution in [0.15, 0.2) is 57.8 Å². The molecule has 134 valence electrons. The van der Waals surface area contributed by atoms with Gasteiger partial charge in [0.2, 0.25) is 5.88 Å². The van der Waals surface area contributed by atoms with Crippen LogP contribution in [0.4, 0.5) is 8.78 Å². The van der Waals surface area contributed by atoms with Crippen LogP contribution in [0.25, 0.3) is 0 Å². The van der Waals surface area contributed by atoms with Gasteiger partial charge in [0.25, 0.3) is 5.56 Å². The Hall–Kier alpha value is -2.54. The Kier molecular flexibility index (Phi) is 5.46. The van der Waals surface area contributed by atoms with Crippen LogP contribution in [0.3, 0.4) is 0 Å². The van der Waals surface area contributed by atoms with Crippen LogP contribution in [0, 0.1) is 18.6 Å². The molecule has 26 heavy (non-hydrogen) atoms. The molecule has 0 radical (unpaired) electrons. The Morgan fingerprint density at radius 1 is 1.15 bits per heavy atom. The number of hydrogen-bond donors (Lipinski definition) is 0. The van der Waals surface area contributed by atoms with Crippen molar-refractivity contribution in [1.82, 2.24) is 9.55 Å². The van der Waals surface area contributed by atoms with Crippen molar-refractivity contribution in [2.45, 2.75) is 20.1 Å². The zero-order valence-corrected chi connectivity index (χ0v) is 15.5. The Balaban J connectivity index is 1.84. The van der Waals surface area contributed by atoms with Gasteiger partial charge in [0.15, 0.2) is 0 Å². The predicted octanol–water partition coefficient (Wildman–Crippen LogP) is 4.22. The van der Waals surface area contributed by atoms with E-state index in [1.165, 1.54) is 10.6 Å². The maximum absolute atomic E-state index is 13.7. The lowest BCUT2D eigenvalue weighted by Gasteiger charge is -2.13. The number of ether oxygens (including phenoxy) is 1. The number of aromatic nitrogens is 2. The van der Waals surface area contributed by atoms with Gasteiger partial charge in [0, 0.05) is 11.6 Å². The number of hydrogen-bond acceptors (Lipinski definition) is 3. The van der Waals surface area contributed by atoms with Crippen molar-refractivity contribution < 1.29 is 13.5 Å². The minimum absolute atomic E-state index is 0.0699. The summed E-state index contributed by atoms with van der Waals surface area (Å²) in [5.74, 6) is -0.836. The van der Waals surface area contributed by atoms with E-state index >= 15 is 0 Å². The number of aryl methyl sites for hydroxylation is 1. The fourth-order valence-corrected chi connectivity index (χ4v) is 2.86. The summed E-state index contributed by atoms with van der Waals surface area (Å²) in [4.78, 5) is 16.9. The molecule has 0 bridgehead atoms. The monoisotopic (exact) mass is 420 g/mol. The van der Waals surface area contributed by atoms with Crippen LogP contribution in [0.1, 0.15) is 17.0 Å². The minimum Gasteiger partial charge on any atom is -0.472 e. The highest BCUT2D eigenvalue weighted by atomic mass is 79.9. The normalized spacial score (nSPS) is 10.8. The zero-order valence-electron chi connectivity index (χ0n) is 13.9. The Bertz CT molecular complexity index is 991. The summed E-state index contributed by atoms with van der Waals surface area (Å²) < 4.78 is 33.8. The maximum Gasteiger partial charge on any atom is 0.272 e. The third-order valence-electron chi connectivity index (χ3n) is 3.84. The van der Waals surface area contributed by atoms with Gasteiger partial charge in [0.05, 0.1) is 6.54 Å². The van der Waals surface area contributed by atoms with E-state index in [0.29, 0.717) is 12.4 Å². The van der Waals surface area contributed by atoms with Crippen LogP contribution < -0.4 is 10.3 Å². The molecule has 0 fully saturated rings. The quantitative estimate of drug-likeness (QED) is 0.620. The lowest BCUT2D eigenvalue weighted by atomic mass is 10.2. The van der Waals surface area contributed by atoms with Crippen LogP contribution in [0.5, 0.6) is 5.88 Å². The standard InChI is InChI=1S/C19H15BrF2N2O2/c1-12-23-18(26-11-14-7-8-15(21)9-16(14)22)17(20)19(25)24(12)10-13-5-3-2-4-6-13/h2-9H,10-11H2,1H3. The molecule has 0 aliphatic heterocycles. The summed E-state index contributed by atoms with van der Waals surface area (Å²) in [5, 5.41) is 0. The largest absolute Gasteiger partial charge is 0.472 e. The first-order valence-corrected chi connectivity index (χ1v) is 8.62. The molecule has 0 unspecified atom stereocenters. The van der Waals surface area contributed by atoms with Crippen molar-refractivity contribution >= 4 is 15.9 Å². The fourth-order valence-electron chi connectivity index (χ4n) is 2.45. The molecule has 4 nitrogen and oxygen atoms in total. The highest BCUT2D eigenvalue weighted by Gasteiger charge is 2.15. The fraction of sp³-hybridized carbons (Fsp3) is 0.158. The summed E-state index contributed by atoms with van der Waals surface area (Å²) in [6.07, 6.45) is 0. The van der Waals surface area contributed by atoms with Crippen LogP contribution in [0.2, 0.25) is 0 Å². The Morgan fingerprint density at radius 3 is 2.58 bits per heavy atom. The van der Waals surface area contributed by atoms with Crippen molar-refractivity contribution in [2.75, 3.05) is 0 Å². The summed E-state index contributed by atoms with van der Waals surface area (Å²) >= 11 is 3.21. The second kappa shape index (κ2) is 7.78. The number of nitrogens with zero attached hydrogens (tertiary/aromatic N) is 2. The third-order valence-corrected chi connectivity index (χ3v) is 4.52.